The van der Waals surface area contributed by atoms with E-state index in [-0.39, 0.29) is 29.6 Å². The number of alkyl halides is 2. The van der Waals surface area contributed by atoms with Gasteiger partial charge in [0, 0.05) is 12.6 Å². The van der Waals surface area contributed by atoms with Crippen LogP contribution in [0.15, 0.2) is 48.5 Å². The van der Waals surface area contributed by atoms with Crippen molar-refractivity contribution in [3.05, 3.63) is 59.7 Å². The van der Waals surface area contributed by atoms with E-state index in [2.05, 4.69) is 14.8 Å². The largest absolute Gasteiger partial charge is 0.586 e. The van der Waals surface area contributed by atoms with Crippen LogP contribution in [-0.4, -0.2) is 24.9 Å². The van der Waals surface area contributed by atoms with Gasteiger partial charge in [-0.1, -0.05) is 36.4 Å². The van der Waals surface area contributed by atoms with E-state index in [4.69, 9.17) is 4.74 Å². The van der Waals surface area contributed by atoms with Crippen LogP contribution in [0.4, 0.5) is 8.78 Å². The van der Waals surface area contributed by atoms with Crippen molar-refractivity contribution in [1.29, 1.82) is 0 Å². The molecule has 7 heteroatoms. The maximum absolute atomic E-state index is 13.3. The number of rotatable bonds is 4. The molecule has 2 aromatic rings. The lowest BCUT2D eigenvalue weighted by atomic mass is 9.92. The minimum atomic E-state index is -3.66. The van der Waals surface area contributed by atoms with Crippen LogP contribution in [0.25, 0.3) is 0 Å². The minimum absolute atomic E-state index is 0.00918. The van der Waals surface area contributed by atoms with Gasteiger partial charge in [0.1, 0.15) is 0 Å². The Morgan fingerprint density at radius 3 is 2.55 bits per heavy atom. The van der Waals surface area contributed by atoms with Crippen molar-refractivity contribution >= 4 is 5.91 Å². The van der Waals surface area contributed by atoms with Crippen LogP contribution in [-0.2, 0) is 14.9 Å². The summed E-state index contributed by atoms with van der Waals surface area (Å²) in [6, 6.07) is 14.6. The second-order valence-electron chi connectivity index (χ2n) is 7.88. The Morgan fingerprint density at radius 1 is 1.03 bits per heavy atom. The van der Waals surface area contributed by atoms with E-state index >= 15 is 0 Å². The molecule has 1 aliphatic carbocycles. The Kier molecular flexibility index (Phi) is 4.24. The number of ether oxygens (including phenoxy) is 3. The lowest BCUT2D eigenvalue weighted by Crippen LogP contribution is -2.44. The fourth-order valence-electron chi connectivity index (χ4n) is 4.17. The minimum Gasteiger partial charge on any atom is -0.395 e. The molecule has 2 aromatic carbocycles. The molecule has 0 unspecified atom stereocenters. The van der Waals surface area contributed by atoms with Crippen LogP contribution < -0.4 is 14.8 Å². The molecule has 2 aliphatic heterocycles. The van der Waals surface area contributed by atoms with Gasteiger partial charge in [-0.25, -0.2) is 0 Å². The lowest BCUT2D eigenvalue weighted by Gasteiger charge is -2.31. The Labute approximate surface area is 167 Å². The second kappa shape index (κ2) is 6.69. The summed E-state index contributed by atoms with van der Waals surface area (Å²) in [4.78, 5) is 13.1. The summed E-state index contributed by atoms with van der Waals surface area (Å²) in [5.41, 5.74) is 1.10. The Morgan fingerprint density at radius 2 is 1.79 bits per heavy atom. The summed E-state index contributed by atoms with van der Waals surface area (Å²) in [5.74, 6) is -0.103. The van der Waals surface area contributed by atoms with Crippen molar-refractivity contribution in [2.24, 2.45) is 0 Å². The van der Waals surface area contributed by atoms with E-state index in [1.807, 2.05) is 30.3 Å². The Hall–Kier alpha value is -2.67. The molecule has 0 aromatic heterocycles. The van der Waals surface area contributed by atoms with Gasteiger partial charge in [0.05, 0.1) is 11.5 Å². The predicted molar refractivity (Wildman–Crippen MR) is 99.9 cm³/mol. The van der Waals surface area contributed by atoms with Crippen molar-refractivity contribution in [1.82, 2.24) is 5.32 Å². The van der Waals surface area contributed by atoms with Crippen LogP contribution in [0.2, 0.25) is 0 Å². The molecule has 1 amide bonds. The summed E-state index contributed by atoms with van der Waals surface area (Å²) < 4.78 is 41.5. The van der Waals surface area contributed by atoms with Gasteiger partial charge in [-0.15, -0.1) is 8.78 Å². The fraction of sp³-hybridized carbons (Fsp3) is 0.409. The van der Waals surface area contributed by atoms with Crippen molar-refractivity contribution < 1.29 is 27.8 Å². The van der Waals surface area contributed by atoms with Crippen LogP contribution in [0, 0.1) is 0 Å². The van der Waals surface area contributed by atoms with Crippen molar-refractivity contribution in [2.75, 3.05) is 6.61 Å². The number of benzene rings is 2. The van der Waals surface area contributed by atoms with Gasteiger partial charge in [0.25, 0.3) is 0 Å². The summed E-state index contributed by atoms with van der Waals surface area (Å²) in [7, 11) is 0. The van der Waals surface area contributed by atoms with Crippen LogP contribution in [0.1, 0.15) is 42.9 Å². The number of nitrogens with one attached hydrogen (secondary N) is 1. The smallest absolute Gasteiger partial charge is 0.395 e. The number of fused-ring (bicyclic) bond motifs is 1. The van der Waals surface area contributed by atoms with E-state index in [0.717, 1.165) is 12.0 Å². The highest BCUT2D eigenvalue weighted by atomic mass is 19.3. The maximum Gasteiger partial charge on any atom is 0.586 e. The number of amides is 1. The average Bonchev–Trinajstić information content (AvgIpc) is 3.46. The first kappa shape index (κ1) is 18.4. The molecule has 5 rings (SSSR count). The van der Waals surface area contributed by atoms with E-state index in [9.17, 15) is 13.6 Å². The zero-order valence-electron chi connectivity index (χ0n) is 15.7. The third-order valence-electron chi connectivity index (χ3n) is 5.93. The van der Waals surface area contributed by atoms with Crippen LogP contribution in [0.5, 0.6) is 11.5 Å². The highest BCUT2D eigenvalue weighted by Crippen LogP contribution is 2.52. The molecular weight excluding hydrogens is 380 g/mol. The van der Waals surface area contributed by atoms with Crippen molar-refractivity contribution in [3.63, 3.8) is 0 Å². The first-order valence-electron chi connectivity index (χ1n) is 9.83. The Bertz CT molecular complexity index is 930. The molecule has 1 saturated heterocycles. The molecule has 29 heavy (non-hydrogen) atoms. The van der Waals surface area contributed by atoms with E-state index in [1.54, 1.807) is 6.07 Å². The van der Waals surface area contributed by atoms with Gasteiger partial charge < -0.3 is 19.5 Å². The average molecular weight is 401 g/mol. The topological polar surface area (TPSA) is 56.8 Å². The summed E-state index contributed by atoms with van der Waals surface area (Å²) in [6.07, 6.45) is -0.884. The van der Waals surface area contributed by atoms with E-state index in [1.165, 1.54) is 12.1 Å². The standard InChI is InChI=1S/C22H21F2NO4/c23-22(24)28-17-7-6-15(12-19(17)29-22)21(9-10-21)20(26)25-16-8-11-27-18(13-16)14-4-2-1-3-5-14/h1-7,12,16,18H,8-11,13H2,(H,25,26)/t16-,18+/m0/s1. The number of carbonyl (C=O) groups excluding carboxylic acids is 1. The van der Waals surface area contributed by atoms with Gasteiger partial charge in [-0.3, -0.25) is 4.79 Å². The maximum atomic E-state index is 13.3. The van der Waals surface area contributed by atoms with Gasteiger partial charge in [0.15, 0.2) is 11.5 Å². The molecule has 2 heterocycles. The Balaban J connectivity index is 1.29. The highest BCUT2D eigenvalue weighted by Gasteiger charge is 2.53. The quantitative estimate of drug-likeness (QED) is 0.839. The van der Waals surface area contributed by atoms with Gasteiger partial charge >= 0.3 is 6.29 Å². The number of hydrogen-bond acceptors (Lipinski definition) is 4. The number of carbonyl (C=O) groups is 1. The lowest BCUT2D eigenvalue weighted by molar-refractivity contribution is -0.286. The summed E-state index contributed by atoms with van der Waals surface area (Å²) >= 11 is 0. The number of halogens is 2. The normalized spacial score (nSPS) is 26.0. The molecule has 5 nitrogen and oxygen atoms in total. The van der Waals surface area contributed by atoms with Gasteiger partial charge in [-0.2, -0.15) is 0 Å². The summed E-state index contributed by atoms with van der Waals surface area (Å²) in [5, 5.41) is 3.16. The van der Waals surface area contributed by atoms with E-state index < -0.39 is 11.7 Å². The van der Waals surface area contributed by atoms with Crippen molar-refractivity contribution in [2.45, 2.75) is 49.5 Å². The highest BCUT2D eigenvalue weighted by molar-refractivity contribution is 5.91. The molecule has 0 radical (unpaired) electrons. The SMILES string of the molecule is O=C(N[C@H]1CCO[C@@H](c2ccccc2)C1)C1(c2ccc3c(c2)OC(F)(F)O3)CC1. The molecule has 2 fully saturated rings. The molecule has 1 N–H and O–H groups in total. The van der Waals surface area contributed by atoms with Gasteiger partial charge in [-0.05, 0) is 48.9 Å². The van der Waals surface area contributed by atoms with Crippen molar-refractivity contribution in [3.8, 4) is 11.5 Å². The second-order valence-corrected chi connectivity index (χ2v) is 7.88. The first-order valence-corrected chi connectivity index (χ1v) is 9.83. The van der Waals surface area contributed by atoms with Crippen LogP contribution in [0.3, 0.4) is 0 Å². The molecule has 3 aliphatic rings. The third-order valence-corrected chi connectivity index (χ3v) is 5.93. The fourth-order valence-corrected chi connectivity index (χ4v) is 4.17. The third kappa shape index (κ3) is 3.44. The zero-order valence-corrected chi connectivity index (χ0v) is 15.7. The summed E-state index contributed by atoms with van der Waals surface area (Å²) in [6.45, 7) is 0.580. The first-order chi connectivity index (χ1) is 14.0. The molecular formula is C22H21F2NO4. The molecule has 1 saturated carbocycles. The van der Waals surface area contributed by atoms with Crippen LogP contribution >= 0.6 is 0 Å². The van der Waals surface area contributed by atoms with Gasteiger partial charge in [0.2, 0.25) is 5.91 Å². The molecule has 152 valence electrons. The molecule has 0 bridgehead atoms. The predicted octanol–water partition coefficient (Wildman–Crippen LogP) is 4.08. The van der Waals surface area contributed by atoms with E-state index in [0.29, 0.717) is 31.4 Å². The monoisotopic (exact) mass is 401 g/mol. The zero-order chi connectivity index (χ0) is 20.1. The number of hydrogen-bond donors (Lipinski definition) is 1. The molecule has 2 atom stereocenters. The molecule has 0 spiro atoms.